The van der Waals surface area contributed by atoms with E-state index < -0.39 is 0 Å². The molecule has 2 aliphatic heterocycles. The molecule has 2 aromatic rings. The molecule has 0 unspecified atom stereocenters. The van der Waals surface area contributed by atoms with Crippen LogP contribution in [-0.2, 0) is 9.53 Å². The molecular weight excluding hydrogens is 414 g/mol. The summed E-state index contributed by atoms with van der Waals surface area (Å²) in [5.41, 5.74) is 1.52. The van der Waals surface area contributed by atoms with Crippen molar-refractivity contribution in [2.24, 2.45) is 5.92 Å². The second-order valence-corrected chi connectivity index (χ2v) is 9.40. The first-order valence-electron chi connectivity index (χ1n) is 12.6. The number of carbonyl (C=O) groups excluding carboxylic acids is 1. The minimum Gasteiger partial charge on any atom is -0.378 e. The molecule has 2 saturated heterocycles. The van der Waals surface area contributed by atoms with E-state index in [1.54, 1.807) is 0 Å². The zero-order valence-electron chi connectivity index (χ0n) is 19.5. The molecule has 2 fully saturated rings. The van der Waals surface area contributed by atoms with E-state index in [1.165, 1.54) is 31.3 Å². The standard InChI is InChI=1S/C26H35N5O2/c32-26(27-13-10-20-6-2-1-3-7-20)21-11-14-30(15-12-21)24-22-8-4-5-9-23(22)25(29-28-24)31-16-18-33-19-17-31/h4-6,8-9,21H,1-3,7,10-19H2,(H,27,32). The van der Waals surface area contributed by atoms with Gasteiger partial charge in [0.2, 0.25) is 5.91 Å². The quantitative estimate of drug-likeness (QED) is 0.679. The van der Waals surface area contributed by atoms with Crippen LogP contribution in [0.2, 0.25) is 0 Å². The highest BCUT2D eigenvalue weighted by Gasteiger charge is 2.27. The van der Waals surface area contributed by atoms with Gasteiger partial charge in [0.1, 0.15) is 0 Å². The van der Waals surface area contributed by atoms with Crippen molar-refractivity contribution in [2.75, 3.05) is 55.7 Å². The summed E-state index contributed by atoms with van der Waals surface area (Å²) in [4.78, 5) is 17.3. The Kier molecular flexibility index (Phi) is 7.05. The molecule has 33 heavy (non-hydrogen) atoms. The number of benzene rings is 1. The summed E-state index contributed by atoms with van der Waals surface area (Å²) in [6.07, 6.45) is 10.1. The number of hydrogen-bond donors (Lipinski definition) is 1. The topological polar surface area (TPSA) is 70.6 Å². The second kappa shape index (κ2) is 10.5. The molecule has 0 saturated carbocycles. The Morgan fingerprint density at radius 2 is 1.64 bits per heavy atom. The molecule has 7 nitrogen and oxygen atoms in total. The van der Waals surface area contributed by atoms with Gasteiger partial charge in [0, 0.05) is 49.4 Å². The number of aromatic nitrogens is 2. The number of carbonyl (C=O) groups is 1. The number of piperidine rings is 1. The minimum atomic E-state index is 0.0911. The first-order valence-corrected chi connectivity index (χ1v) is 12.6. The predicted molar refractivity (Wildman–Crippen MR) is 132 cm³/mol. The Bertz CT molecular complexity index is 993. The van der Waals surface area contributed by atoms with E-state index in [0.29, 0.717) is 0 Å². The lowest BCUT2D eigenvalue weighted by atomic mass is 9.95. The number of nitrogens with zero attached hydrogens (tertiary/aromatic N) is 4. The third kappa shape index (κ3) is 5.13. The molecule has 5 rings (SSSR count). The minimum absolute atomic E-state index is 0.0911. The van der Waals surface area contributed by atoms with Crippen molar-refractivity contribution in [1.82, 2.24) is 15.5 Å². The van der Waals surface area contributed by atoms with E-state index in [2.05, 4.69) is 55.7 Å². The number of ether oxygens (including phenoxy) is 1. The van der Waals surface area contributed by atoms with Crippen LogP contribution in [0.25, 0.3) is 10.8 Å². The van der Waals surface area contributed by atoms with Gasteiger partial charge in [-0.2, -0.15) is 0 Å². The molecule has 1 amide bonds. The number of nitrogens with one attached hydrogen (secondary N) is 1. The van der Waals surface area contributed by atoms with Crippen LogP contribution >= 0.6 is 0 Å². The van der Waals surface area contributed by atoms with Crippen molar-refractivity contribution in [3.8, 4) is 0 Å². The summed E-state index contributed by atoms with van der Waals surface area (Å²) >= 11 is 0. The maximum absolute atomic E-state index is 12.7. The highest BCUT2D eigenvalue weighted by Crippen LogP contribution is 2.32. The van der Waals surface area contributed by atoms with Crippen LogP contribution in [0, 0.1) is 5.92 Å². The number of morpholine rings is 1. The van der Waals surface area contributed by atoms with Gasteiger partial charge >= 0.3 is 0 Å². The first-order chi connectivity index (χ1) is 16.3. The van der Waals surface area contributed by atoms with Gasteiger partial charge in [-0.1, -0.05) is 35.9 Å². The van der Waals surface area contributed by atoms with Crippen molar-refractivity contribution in [3.63, 3.8) is 0 Å². The summed E-state index contributed by atoms with van der Waals surface area (Å²) in [5, 5.41) is 14.8. The van der Waals surface area contributed by atoms with Gasteiger partial charge in [0.05, 0.1) is 13.2 Å². The molecule has 3 heterocycles. The summed E-state index contributed by atoms with van der Waals surface area (Å²) in [6.45, 7) is 5.57. The molecule has 3 aliphatic rings. The number of fused-ring (bicyclic) bond motifs is 1. The van der Waals surface area contributed by atoms with Crippen LogP contribution in [0.3, 0.4) is 0 Å². The van der Waals surface area contributed by atoms with Gasteiger partial charge in [0.25, 0.3) is 0 Å². The second-order valence-electron chi connectivity index (χ2n) is 9.40. The fraction of sp³-hybridized carbons (Fsp3) is 0.577. The molecule has 0 radical (unpaired) electrons. The average molecular weight is 450 g/mol. The fourth-order valence-electron chi connectivity index (χ4n) is 5.29. The van der Waals surface area contributed by atoms with Gasteiger partial charge in [-0.25, -0.2) is 0 Å². The zero-order valence-corrected chi connectivity index (χ0v) is 19.5. The monoisotopic (exact) mass is 449 g/mol. The van der Waals surface area contributed by atoms with Crippen LogP contribution in [0.1, 0.15) is 44.9 Å². The maximum Gasteiger partial charge on any atom is 0.223 e. The van der Waals surface area contributed by atoms with Crippen molar-refractivity contribution in [2.45, 2.75) is 44.9 Å². The maximum atomic E-state index is 12.7. The van der Waals surface area contributed by atoms with E-state index in [9.17, 15) is 4.79 Å². The summed E-state index contributed by atoms with van der Waals surface area (Å²) in [7, 11) is 0. The highest BCUT2D eigenvalue weighted by molar-refractivity contribution is 5.99. The first kappa shape index (κ1) is 22.1. The Morgan fingerprint density at radius 3 is 2.27 bits per heavy atom. The third-order valence-electron chi connectivity index (χ3n) is 7.25. The van der Waals surface area contributed by atoms with Crippen molar-refractivity contribution in [3.05, 3.63) is 35.9 Å². The van der Waals surface area contributed by atoms with Crippen LogP contribution in [0.5, 0.6) is 0 Å². The molecule has 1 aromatic heterocycles. The lowest BCUT2D eigenvalue weighted by Gasteiger charge is -2.33. The van der Waals surface area contributed by atoms with Crippen molar-refractivity contribution in [1.29, 1.82) is 0 Å². The van der Waals surface area contributed by atoms with E-state index in [1.807, 2.05) is 0 Å². The van der Waals surface area contributed by atoms with Gasteiger partial charge < -0.3 is 19.9 Å². The SMILES string of the molecule is O=C(NCCC1=CCCCC1)C1CCN(c2nnc(N3CCOCC3)c3ccccc23)CC1. The molecule has 1 aromatic carbocycles. The highest BCUT2D eigenvalue weighted by atomic mass is 16.5. The Balaban J connectivity index is 1.20. The van der Waals surface area contributed by atoms with Crippen LogP contribution in [0.15, 0.2) is 35.9 Å². The lowest BCUT2D eigenvalue weighted by molar-refractivity contribution is -0.125. The van der Waals surface area contributed by atoms with Crippen molar-refractivity contribution < 1.29 is 9.53 Å². The molecule has 7 heteroatoms. The number of rotatable bonds is 6. The smallest absolute Gasteiger partial charge is 0.223 e. The van der Waals surface area contributed by atoms with Gasteiger partial charge in [0.15, 0.2) is 11.6 Å². The van der Waals surface area contributed by atoms with Gasteiger partial charge in [-0.15, -0.1) is 10.2 Å². The molecule has 0 spiro atoms. The molecule has 0 atom stereocenters. The third-order valence-corrected chi connectivity index (χ3v) is 7.25. The zero-order chi connectivity index (χ0) is 22.5. The van der Waals surface area contributed by atoms with E-state index in [0.717, 1.165) is 87.6 Å². The van der Waals surface area contributed by atoms with Gasteiger partial charge in [-0.05, 0) is 44.9 Å². The lowest BCUT2D eigenvalue weighted by Crippen LogP contribution is -2.41. The number of anilines is 2. The summed E-state index contributed by atoms with van der Waals surface area (Å²) in [6, 6.07) is 8.42. The van der Waals surface area contributed by atoms with E-state index in [4.69, 9.17) is 4.74 Å². The summed E-state index contributed by atoms with van der Waals surface area (Å²) in [5.74, 6) is 2.18. The van der Waals surface area contributed by atoms with Crippen LogP contribution in [-0.4, -0.2) is 62.0 Å². The molecule has 1 N–H and O–H groups in total. The average Bonchev–Trinajstić information content (AvgIpc) is 2.89. The largest absolute Gasteiger partial charge is 0.378 e. The van der Waals surface area contributed by atoms with Crippen LogP contribution < -0.4 is 15.1 Å². The van der Waals surface area contributed by atoms with Crippen LogP contribution in [0.4, 0.5) is 11.6 Å². The number of allylic oxidation sites excluding steroid dienone is 1. The molecule has 176 valence electrons. The van der Waals surface area contributed by atoms with Crippen molar-refractivity contribution >= 4 is 28.3 Å². The number of amides is 1. The van der Waals surface area contributed by atoms with E-state index >= 15 is 0 Å². The van der Waals surface area contributed by atoms with E-state index in [-0.39, 0.29) is 11.8 Å². The fourth-order valence-corrected chi connectivity index (χ4v) is 5.29. The Hall–Kier alpha value is -2.67. The predicted octanol–water partition coefficient (Wildman–Crippen LogP) is 3.69. The molecule has 0 bridgehead atoms. The van der Waals surface area contributed by atoms with Gasteiger partial charge in [-0.3, -0.25) is 4.79 Å². The normalized spacial score (nSPS) is 20.1. The molecular formula is C26H35N5O2. The Labute approximate surface area is 196 Å². The number of hydrogen-bond acceptors (Lipinski definition) is 6. The molecule has 1 aliphatic carbocycles. The Morgan fingerprint density at radius 1 is 0.970 bits per heavy atom. The summed E-state index contributed by atoms with van der Waals surface area (Å²) < 4.78 is 5.50.